The normalized spacial score (nSPS) is 10.4. The average molecular weight is 391 g/mol. The molecule has 3 rings (SSSR count). The highest BCUT2D eigenvalue weighted by Crippen LogP contribution is 2.17. The van der Waals surface area contributed by atoms with Crippen LogP contribution in [0.25, 0.3) is 5.69 Å². The van der Waals surface area contributed by atoms with Gasteiger partial charge in [0.1, 0.15) is 0 Å². The van der Waals surface area contributed by atoms with Crippen LogP contribution in [0.4, 0.5) is 10.5 Å². The SMILES string of the molecule is Cc1ccc(C(=O)N(C)C)cc1NC(=O)NCCc1ccc(-n2cccn2)cc1. The second kappa shape index (κ2) is 9.05. The highest BCUT2D eigenvalue weighted by Gasteiger charge is 2.11. The van der Waals surface area contributed by atoms with Crippen LogP contribution < -0.4 is 10.6 Å². The highest BCUT2D eigenvalue weighted by atomic mass is 16.2. The second-order valence-electron chi connectivity index (χ2n) is 6.98. The zero-order valence-corrected chi connectivity index (χ0v) is 16.8. The molecule has 0 bridgehead atoms. The minimum absolute atomic E-state index is 0.105. The van der Waals surface area contributed by atoms with Crippen molar-refractivity contribution in [3.8, 4) is 5.69 Å². The van der Waals surface area contributed by atoms with Crippen molar-refractivity contribution >= 4 is 17.6 Å². The van der Waals surface area contributed by atoms with Crippen molar-refractivity contribution in [1.29, 1.82) is 0 Å². The Morgan fingerprint density at radius 3 is 2.52 bits per heavy atom. The predicted octanol–water partition coefficient (Wildman–Crippen LogP) is 3.25. The number of hydrogen-bond acceptors (Lipinski definition) is 3. The number of aryl methyl sites for hydroxylation is 1. The maximum Gasteiger partial charge on any atom is 0.319 e. The number of benzene rings is 2. The molecule has 150 valence electrons. The van der Waals surface area contributed by atoms with Crippen molar-refractivity contribution in [2.24, 2.45) is 0 Å². The fourth-order valence-corrected chi connectivity index (χ4v) is 2.87. The van der Waals surface area contributed by atoms with Gasteiger partial charge in [0.25, 0.3) is 5.91 Å². The number of anilines is 1. The minimum Gasteiger partial charge on any atom is -0.345 e. The van der Waals surface area contributed by atoms with Crippen LogP contribution in [0.3, 0.4) is 0 Å². The molecule has 0 saturated carbocycles. The Morgan fingerprint density at radius 2 is 1.86 bits per heavy atom. The Kier molecular flexibility index (Phi) is 6.29. The monoisotopic (exact) mass is 391 g/mol. The summed E-state index contributed by atoms with van der Waals surface area (Å²) in [5, 5.41) is 9.89. The van der Waals surface area contributed by atoms with Gasteiger partial charge in [0, 0.05) is 44.3 Å². The number of amides is 3. The molecule has 2 aromatic carbocycles. The summed E-state index contributed by atoms with van der Waals surface area (Å²) in [5.74, 6) is -0.105. The molecule has 0 radical (unpaired) electrons. The molecule has 1 heterocycles. The van der Waals surface area contributed by atoms with E-state index in [-0.39, 0.29) is 11.9 Å². The van der Waals surface area contributed by atoms with Crippen LogP contribution in [-0.2, 0) is 6.42 Å². The lowest BCUT2D eigenvalue weighted by atomic mass is 10.1. The van der Waals surface area contributed by atoms with Crippen molar-refractivity contribution in [3.63, 3.8) is 0 Å². The molecular weight excluding hydrogens is 366 g/mol. The van der Waals surface area contributed by atoms with Crippen LogP contribution in [0.2, 0.25) is 0 Å². The summed E-state index contributed by atoms with van der Waals surface area (Å²) in [4.78, 5) is 25.9. The molecule has 3 amide bonds. The molecule has 0 aliphatic heterocycles. The average Bonchev–Trinajstić information content (AvgIpc) is 3.24. The van der Waals surface area contributed by atoms with Crippen molar-refractivity contribution in [1.82, 2.24) is 20.0 Å². The van der Waals surface area contributed by atoms with E-state index in [1.54, 1.807) is 37.1 Å². The Hall–Kier alpha value is -3.61. The minimum atomic E-state index is -0.296. The van der Waals surface area contributed by atoms with E-state index in [4.69, 9.17) is 0 Å². The van der Waals surface area contributed by atoms with E-state index in [0.717, 1.165) is 16.8 Å². The van der Waals surface area contributed by atoms with Crippen LogP contribution >= 0.6 is 0 Å². The fourth-order valence-electron chi connectivity index (χ4n) is 2.87. The lowest BCUT2D eigenvalue weighted by Gasteiger charge is -2.14. The van der Waals surface area contributed by atoms with Gasteiger partial charge in [0.15, 0.2) is 0 Å². The maximum absolute atomic E-state index is 12.3. The Morgan fingerprint density at radius 1 is 1.10 bits per heavy atom. The molecule has 2 N–H and O–H groups in total. The molecule has 0 atom stereocenters. The van der Waals surface area contributed by atoms with E-state index < -0.39 is 0 Å². The lowest BCUT2D eigenvalue weighted by Crippen LogP contribution is -2.31. The van der Waals surface area contributed by atoms with Gasteiger partial charge >= 0.3 is 6.03 Å². The van der Waals surface area contributed by atoms with E-state index in [9.17, 15) is 9.59 Å². The largest absolute Gasteiger partial charge is 0.345 e. The third-order valence-electron chi connectivity index (χ3n) is 4.54. The molecule has 7 heteroatoms. The molecule has 0 spiro atoms. The second-order valence-corrected chi connectivity index (χ2v) is 6.98. The zero-order chi connectivity index (χ0) is 20.8. The van der Waals surface area contributed by atoms with Crippen molar-refractivity contribution in [2.75, 3.05) is 26.0 Å². The summed E-state index contributed by atoms with van der Waals surface area (Å²) in [6, 6.07) is 14.9. The van der Waals surface area contributed by atoms with Gasteiger partial charge in [0.05, 0.1) is 5.69 Å². The highest BCUT2D eigenvalue weighted by molar-refractivity contribution is 5.97. The number of aromatic nitrogens is 2. The molecule has 0 unspecified atom stereocenters. The first-order valence-corrected chi connectivity index (χ1v) is 9.40. The standard InChI is InChI=1S/C22H25N5O2/c1-16-5-8-18(21(28)26(2)3)15-20(16)25-22(29)23-13-11-17-6-9-19(10-7-17)27-14-4-12-24-27/h4-10,12,14-15H,11,13H2,1-3H3,(H2,23,25,29). The van der Waals surface area contributed by atoms with E-state index in [1.807, 2.05) is 49.5 Å². The van der Waals surface area contributed by atoms with Crippen molar-refractivity contribution in [2.45, 2.75) is 13.3 Å². The smallest absolute Gasteiger partial charge is 0.319 e. The maximum atomic E-state index is 12.3. The molecule has 1 aromatic heterocycles. The van der Waals surface area contributed by atoms with Crippen LogP contribution in [-0.4, -0.2) is 47.3 Å². The van der Waals surface area contributed by atoms with Crippen LogP contribution in [0.5, 0.6) is 0 Å². The number of urea groups is 1. The summed E-state index contributed by atoms with van der Waals surface area (Å²) in [7, 11) is 3.40. The van der Waals surface area contributed by atoms with E-state index in [0.29, 0.717) is 24.2 Å². The molecule has 0 aliphatic rings. The molecule has 0 aliphatic carbocycles. The van der Waals surface area contributed by atoms with Gasteiger partial charge in [-0.2, -0.15) is 5.10 Å². The van der Waals surface area contributed by atoms with Gasteiger partial charge in [-0.05, 0) is 54.8 Å². The first kappa shape index (κ1) is 20.1. The lowest BCUT2D eigenvalue weighted by molar-refractivity contribution is 0.0827. The van der Waals surface area contributed by atoms with Gasteiger partial charge in [-0.1, -0.05) is 18.2 Å². The number of nitrogens with zero attached hydrogens (tertiary/aromatic N) is 3. The Labute approximate surface area is 170 Å². The summed E-state index contributed by atoms with van der Waals surface area (Å²) in [5.41, 5.74) is 4.17. The zero-order valence-electron chi connectivity index (χ0n) is 16.8. The van der Waals surface area contributed by atoms with Crippen molar-refractivity contribution < 1.29 is 9.59 Å². The van der Waals surface area contributed by atoms with Crippen molar-refractivity contribution in [3.05, 3.63) is 77.6 Å². The van der Waals surface area contributed by atoms with Gasteiger partial charge in [0.2, 0.25) is 0 Å². The topological polar surface area (TPSA) is 79.3 Å². The summed E-state index contributed by atoms with van der Waals surface area (Å²) in [6.45, 7) is 2.39. The summed E-state index contributed by atoms with van der Waals surface area (Å²) < 4.78 is 1.80. The number of hydrogen-bond donors (Lipinski definition) is 2. The third kappa shape index (κ3) is 5.22. The molecule has 0 saturated heterocycles. The van der Waals surface area contributed by atoms with Gasteiger partial charge < -0.3 is 15.5 Å². The molecular formula is C22H25N5O2. The number of carbonyl (C=O) groups excluding carboxylic acids is 2. The van der Waals surface area contributed by atoms with E-state index in [2.05, 4.69) is 15.7 Å². The third-order valence-corrected chi connectivity index (χ3v) is 4.54. The fraction of sp³-hybridized carbons (Fsp3) is 0.227. The molecule has 3 aromatic rings. The van der Waals surface area contributed by atoms with Gasteiger partial charge in [-0.25, -0.2) is 9.48 Å². The van der Waals surface area contributed by atoms with Crippen LogP contribution in [0.15, 0.2) is 60.9 Å². The molecule has 29 heavy (non-hydrogen) atoms. The van der Waals surface area contributed by atoms with Crippen LogP contribution in [0.1, 0.15) is 21.5 Å². The Balaban J connectivity index is 1.52. The predicted molar refractivity (Wildman–Crippen MR) is 113 cm³/mol. The number of rotatable bonds is 6. The van der Waals surface area contributed by atoms with Gasteiger partial charge in [-0.15, -0.1) is 0 Å². The van der Waals surface area contributed by atoms with Crippen LogP contribution in [0, 0.1) is 6.92 Å². The summed E-state index contributed by atoms with van der Waals surface area (Å²) >= 11 is 0. The summed E-state index contributed by atoms with van der Waals surface area (Å²) in [6.07, 6.45) is 4.35. The molecule has 0 fully saturated rings. The first-order chi connectivity index (χ1) is 13.9. The number of carbonyl (C=O) groups is 2. The van der Waals surface area contributed by atoms with Gasteiger partial charge in [-0.3, -0.25) is 4.79 Å². The first-order valence-electron chi connectivity index (χ1n) is 9.40. The van der Waals surface area contributed by atoms with E-state index in [1.165, 1.54) is 4.90 Å². The van der Waals surface area contributed by atoms with E-state index >= 15 is 0 Å². The Bertz CT molecular complexity index is 979. The molecule has 7 nitrogen and oxygen atoms in total. The quantitative estimate of drug-likeness (QED) is 0.677. The number of nitrogens with one attached hydrogen (secondary N) is 2.